The van der Waals surface area contributed by atoms with Gasteiger partial charge in [0.25, 0.3) is 0 Å². The van der Waals surface area contributed by atoms with Crippen molar-refractivity contribution in [2.45, 2.75) is 115 Å². The smallest absolute Gasteiger partial charge is 0.331 e. The number of esters is 1. The van der Waals surface area contributed by atoms with Crippen molar-refractivity contribution in [2.75, 3.05) is 6.61 Å². The van der Waals surface area contributed by atoms with E-state index >= 15 is 0 Å². The van der Waals surface area contributed by atoms with Gasteiger partial charge in [-0.15, -0.1) is 0 Å². The van der Waals surface area contributed by atoms with Gasteiger partial charge in [-0.2, -0.15) is 0 Å². The molecular weight excluding hydrogens is 520 g/mol. The minimum absolute atomic E-state index is 0.0356. The molecule has 4 aliphatic rings. The Kier molecular flexibility index (Phi) is 9.25. The zero-order chi connectivity index (χ0) is 30.2. The van der Waals surface area contributed by atoms with Crippen molar-refractivity contribution >= 4 is 11.8 Å². The molecule has 4 aliphatic carbocycles. The third-order valence-electron chi connectivity index (χ3n) is 10.7. The molecular formula is C34H50O7. The average molecular weight is 571 g/mol. The molecule has 0 bridgehead atoms. The Morgan fingerprint density at radius 3 is 2.49 bits per heavy atom. The first-order valence-electron chi connectivity index (χ1n) is 15.5. The van der Waals surface area contributed by atoms with Crippen LogP contribution in [0.3, 0.4) is 0 Å². The number of allylic oxidation sites excluding steroid dienone is 2. The fraction of sp³-hybridized carbons (Fsp3) is 0.706. The highest BCUT2D eigenvalue weighted by Crippen LogP contribution is 2.76. The van der Waals surface area contributed by atoms with Crippen LogP contribution < -0.4 is 0 Å². The molecule has 228 valence electrons. The normalized spacial score (nSPS) is 38.1. The number of carbonyl (C=O) groups is 2. The van der Waals surface area contributed by atoms with E-state index in [2.05, 4.69) is 6.92 Å². The maximum atomic E-state index is 13.1. The summed E-state index contributed by atoms with van der Waals surface area (Å²) in [5, 5.41) is 44.3. The number of ketones is 1. The Morgan fingerprint density at radius 1 is 1.12 bits per heavy atom. The lowest BCUT2D eigenvalue weighted by atomic mass is 9.60. The lowest BCUT2D eigenvalue weighted by Gasteiger charge is -2.50. The average Bonchev–Trinajstić information content (AvgIpc) is 3.32. The third-order valence-corrected chi connectivity index (χ3v) is 10.7. The number of unbranched alkanes of at least 4 members (excludes halogenated alkanes) is 5. The molecule has 0 aliphatic heterocycles. The van der Waals surface area contributed by atoms with E-state index in [1.165, 1.54) is 31.8 Å². The highest BCUT2D eigenvalue weighted by Gasteiger charge is 2.83. The minimum Gasteiger partial charge on any atom is -0.455 e. The van der Waals surface area contributed by atoms with E-state index in [9.17, 15) is 30.0 Å². The van der Waals surface area contributed by atoms with Gasteiger partial charge in [-0.05, 0) is 36.8 Å². The van der Waals surface area contributed by atoms with E-state index in [1.54, 1.807) is 31.2 Å². The maximum absolute atomic E-state index is 13.1. The first-order valence-corrected chi connectivity index (χ1v) is 15.5. The van der Waals surface area contributed by atoms with E-state index in [0.29, 0.717) is 24.0 Å². The van der Waals surface area contributed by atoms with Crippen molar-refractivity contribution in [3.63, 3.8) is 0 Å². The molecule has 4 N–H and O–H groups in total. The molecule has 0 aromatic carbocycles. The fourth-order valence-corrected chi connectivity index (χ4v) is 8.37. The van der Waals surface area contributed by atoms with Gasteiger partial charge in [0.15, 0.2) is 5.78 Å². The second-order valence-corrected chi connectivity index (χ2v) is 13.6. The van der Waals surface area contributed by atoms with Gasteiger partial charge < -0.3 is 25.2 Å². The molecule has 0 aromatic rings. The standard InChI is InChI=1S/C34H50O7/c1-6-7-8-9-10-11-14-25(36)15-12-13-16-28(37)41-33-19-23(3)34(40)26(29(33)31(33,4)5)18-24(21-35)20-32(39)27(34)17-22(2)30(32)38/h12-13,15-18,23,25-27,29,35-36,39-40H,6-11,14,19-21H2,1-5H3/t23-,25-,26+,27-,29-,32-,33+,34-/m1/s1. The first kappa shape index (κ1) is 31.9. The topological polar surface area (TPSA) is 124 Å². The zero-order valence-electron chi connectivity index (χ0n) is 25.4. The number of hydrogen-bond donors (Lipinski definition) is 4. The monoisotopic (exact) mass is 570 g/mol. The fourth-order valence-electron chi connectivity index (χ4n) is 8.37. The number of Topliss-reactive ketones (excluding diaryl/α,β-unsaturated/α-hetero) is 1. The Bertz CT molecular complexity index is 1130. The predicted octanol–water partition coefficient (Wildman–Crippen LogP) is 4.73. The van der Waals surface area contributed by atoms with Crippen molar-refractivity contribution in [1.82, 2.24) is 0 Å². The van der Waals surface area contributed by atoms with Crippen LogP contribution in [0.2, 0.25) is 0 Å². The first-order chi connectivity index (χ1) is 19.3. The zero-order valence-corrected chi connectivity index (χ0v) is 25.4. The summed E-state index contributed by atoms with van der Waals surface area (Å²) >= 11 is 0. The van der Waals surface area contributed by atoms with Crippen molar-refractivity contribution in [1.29, 1.82) is 0 Å². The molecule has 41 heavy (non-hydrogen) atoms. The SMILES string of the molecule is CCCCCCCC[C@@H](O)C=CC=CC(=O)O[C@@]12C[C@@H](C)[C@@]3(O)[C@@H](C=C(CO)C[C@]4(O)C(=O)C(C)=C[C@@H]34)[C@@H]1C2(C)C. The van der Waals surface area contributed by atoms with Gasteiger partial charge in [-0.25, -0.2) is 4.79 Å². The van der Waals surface area contributed by atoms with E-state index < -0.39 is 57.8 Å². The van der Waals surface area contributed by atoms with Crippen molar-refractivity contribution < 1.29 is 34.8 Å². The van der Waals surface area contributed by atoms with Crippen LogP contribution in [0.15, 0.2) is 47.6 Å². The second-order valence-electron chi connectivity index (χ2n) is 13.6. The third kappa shape index (κ3) is 5.44. The van der Waals surface area contributed by atoms with Crippen LogP contribution in [0.4, 0.5) is 0 Å². The van der Waals surface area contributed by atoms with Crippen molar-refractivity contribution in [2.24, 2.45) is 29.1 Å². The highest BCUT2D eigenvalue weighted by molar-refractivity contribution is 6.04. The highest BCUT2D eigenvalue weighted by atomic mass is 16.6. The number of carbonyl (C=O) groups excluding carboxylic acids is 2. The molecule has 4 rings (SSSR count). The van der Waals surface area contributed by atoms with E-state index in [1.807, 2.05) is 26.8 Å². The molecule has 7 nitrogen and oxygen atoms in total. The molecule has 0 heterocycles. The van der Waals surface area contributed by atoms with Gasteiger partial charge in [-0.3, -0.25) is 4.79 Å². The van der Waals surface area contributed by atoms with Crippen LogP contribution in [0.1, 0.15) is 92.4 Å². The van der Waals surface area contributed by atoms with Gasteiger partial charge in [0.2, 0.25) is 0 Å². The molecule has 0 spiro atoms. The summed E-state index contributed by atoms with van der Waals surface area (Å²) in [7, 11) is 0. The Hall–Kier alpha value is -2.06. The maximum Gasteiger partial charge on any atom is 0.331 e. The van der Waals surface area contributed by atoms with Crippen LogP contribution in [0.5, 0.6) is 0 Å². The molecule has 0 amide bonds. The predicted molar refractivity (Wildman–Crippen MR) is 158 cm³/mol. The van der Waals surface area contributed by atoms with Gasteiger partial charge in [0, 0.05) is 35.7 Å². The molecule has 8 atom stereocenters. The molecule has 2 saturated carbocycles. The van der Waals surface area contributed by atoms with Crippen LogP contribution >= 0.6 is 0 Å². The molecule has 7 heteroatoms. The minimum atomic E-state index is -1.80. The van der Waals surface area contributed by atoms with Gasteiger partial charge in [0.05, 0.1) is 18.3 Å². The summed E-state index contributed by atoms with van der Waals surface area (Å²) in [6.45, 7) is 9.46. The largest absolute Gasteiger partial charge is 0.455 e. The summed E-state index contributed by atoms with van der Waals surface area (Å²) in [4.78, 5) is 26.1. The van der Waals surface area contributed by atoms with E-state index in [4.69, 9.17) is 4.74 Å². The lowest BCUT2D eigenvalue weighted by molar-refractivity contribution is -0.185. The van der Waals surface area contributed by atoms with Gasteiger partial charge in [-0.1, -0.05) is 96.6 Å². The van der Waals surface area contributed by atoms with Crippen LogP contribution in [0.25, 0.3) is 0 Å². The number of aliphatic hydroxyl groups excluding tert-OH is 2. The van der Waals surface area contributed by atoms with E-state index in [0.717, 1.165) is 12.8 Å². The molecule has 0 radical (unpaired) electrons. The van der Waals surface area contributed by atoms with Crippen LogP contribution in [0, 0.1) is 29.1 Å². The molecule has 0 saturated heterocycles. The van der Waals surface area contributed by atoms with E-state index in [-0.39, 0.29) is 18.9 Å². The number of hydrogen-bond acceptors (Lipinski definition) is 7. The van der Waals surface area contributed by atoms with Gasteiger partial charge in [0.1, 0.15) is 11.2 Å². The molecule has 0 unspecified atom stereocenters. The Labute approximate surface area is 245 Å². The van der Waals surface area contributed by atoms with Crippen molar-refractivity contribution in [3.8, 4) is 0 Å². The number of fused-ring (bicyclic) bond motifs is 5. The summed E-state index contributed by atoms with van der Waals surface area (Å²) < 4.78 is 6.17. The van der Waals surface area contributed by atoms with Crippen LogP contribution in [-0.2, 0) is 14.3 Å². The summed E-state index contributed by atoms with van der Waals surface area (Å²) in [5.41, 5.74) is -3.61. The van der Waals surface area contributed by atoms with Gasteiger partial charge >= 0.3 is 5.97 Å². The molecule has 2 fully saturated rings. The number of ether oxygens (including phenoxy) is 1. The summed E-state index contributed by atoms with van der Waals surface area (Å²) in [6.07, 6.45) is 17.3. The second kappa shape index (κ2) is 11.9. The number of rotatable bonds is 12. The summed E-state index contributed by atoms with van der Waals surface area (Å²) in [6, 6.07) is 0. The van der Waals surface area contributed by atoms with Crippen LogP contribution in [-0.4, -0.2) is 61.7 Å². The van der Waals surface area contributed by atoms with Crippen molar-refractivity contribution in [3.05, 3.63) is 47.6 Å². The lowest BCUT2D eigenvalue weighted by Crippen LogP contribution is -2.61. The number of aliphatic hydroxyl groups is 4. The summed E-state index contributed by atoms with van der Waals surface area (Å²) in [5.74, 6) is -2.89. The Morgan fingerprint density at radius 2 is 1.80 bits per heavy atom. The Balaban J connectivity index is 1.46. The molecule has 0 aromatic heterocycles. The quantitative estimate of drug-likeness (QED) is 0.0879.